The van der Waals surface area contributed by atoms with Crippen LogP contribution in [0.5, 0.6) is 0 Å². The Morgan fingerprint density at radius 1 is 0.756 bits per heavy atom. The summed E-state index contributed by atoms with van der Waals surface area (Å²) in [5.41, 5.74) is 5.65. The molecule has 0 radical (unpaired) electrons. The first-order valence-electron chi connectivity index (χ1n) is 15.3. The molecule has 6 heteroatoms. The Labute approximate surface area is 282 Å². The summed E-state index contributed by atoms with van der Waals surface area (Å²) in [5, 5.41) is 19.5. The zero-order valence-corrected chi connectivity index (χ0v) is 29.4. The van der Waals surface area contributed by atoms with E-state index in [4.69, 9.17) is 10.2 Å². The van der Waals surface area contributed by atoms with E-state index in [-0.39, 0.29) is 37.9 Å². The fraction of sp³-hybridized carbons (Fsp3) is 0.282. The zero-order chi connectivity index (χ0) is 31.7. The molecule has 5 aromatic rings. The normalized spacial score (nSPS) is 13.5. The van der Waals surface area contributed by atoms with Gasteiger partial charge in [0.05, 0.1) is 12.2 Å². The topological polar surface area (TPSA) is 59.8 Å². The molecule has 0 aliphatic carbocycles. The van der Waals surface area contributed by atoms with Crippen LogP contribution in [0.15, 0.2) is 109 Å². The molecule has 0 saturated heterocycles. The van der Waals surface area contributed by atoms with E-state index in [1.165, 1.54) is 22.1 Å². The number of fused-ring (bicyclic) bond motifs is 2. The van der Waals surface area contributed by atoms with Gasteiger partial charge in [0, 0.05) is 23.1 Å². The number of anilines is 3. The number of aromatic nitrogens is 1. The molecule has 5 nitrogen and oxygen atoms in total. The molecule has 6 rings (SSSR count). The fourth-order valence-electron chi connectivity index (χ4n) is 4.94. The molecule has 0 bridgehead atoms. The molecule has 4 aromatic carbocycles. The maximum absolute atomic E-state index is 8.56. The average molecular weight is 779 g/mol. The molecule has 236 valence electrons. The van der Waals surface area contributed by atoms with Gasteiger partial charge in [-0.3, -0.25) is 0 Å². The zero-order valence-electron chi connectivity index (χ0n) is 27.0. The van der Waals surface area contributed by atoms with Crippen LogP contribution in [-0.4, -0.2) is 32.9 Å². The van der Waals surface area contributed by atoms with Crippen molar-refractivity contribution in [1.29, 1.82) is 0 Å². The monoisotopic (exact) mass is 779 g/mol. The van der Waals surface area contributed by atoms with Crippen LogP contribution in [0, 0.1) is 24.7 Å². The standard InChI is InChI=1S/C19H22N2.C15H10N.C5H12O2.Ir/c1-15(2)19(3,4)21-14-20(16-10-6-5-7-11-16)17-12-8-9-13-18(17)21;1-2-7-13(8-3-1)15-14-9-5-4-6-12(14)10-11-16-15;1-4(6)3-5(2)7;/h5-10,12-15H,1-4H3;1-7,9-11H;4-7H,3H2,1-2H3;/q-2;-1;;+3. The Morgan fingerprint density at radius 2 is 1.36 bits per heavy atom. The second-order valence-electron chi connectivity index (χ2n) is 12.0. The maximum atomic E-state index is 8.56. The quantitative estimate of drug-likeness (QED) is 0.169. The van der Waals surface area contributed by atoms with E-state index in [2.05, 4.69) is 110 Å². The number of aliphatic hydroxyl groups is 2. The summed E-state index contributed by atoms with van der Waals surface area (Å²) in [7, 11) is 0. The number of hydrogen-bond acceptors (Lipinski definition) is 5. The van der Waals surface area contributed by atoms with Gasteiger partial charge in [-0.15, -0.1) is 41.6 Å². The summed E-state index contributed by atoms with van der Waals surface area (Å²) in [6.45, 7) is 14.7. The van der Waals surface area contributed by atoms with E-state index >= 15 is 0 Å². The van der Waals surface area contributed by atoms with Gasteiger partial charge in [-0.2, -0.15) is 37.0 Å². The molecule has 1 aliphatic heterocycles. The third-order valence-corrected chi connectivity index (χ3v) is 7.94. The molecule has 2 atom stereocenters. The van der Waals surface area contributed by atoms with Gasteiger partial charge >= 0.3 is 20.1 Å². The largest absolute Gasteiger partial charge is 3.00 e. The number of rotatable bonds is 6. The first-order chi connectivity index (χ1) is 21.1. The van der Waals surface area contributed by atoms with Crippen LogP contribution in [0.4, 0.5) is 17.1 Å². The van der Waals surface area contributed by atoms with E-state index in [0.717, 1.165) is 16.9 Å². The van der Waals surface area contributed by atoms with Gasteiger partial charge in [-0.05, 0) is 74.7 Å². The molecule has 0 amide bonds. The number of pyridine rings is 1. The van der Waals surface area contributed by atoms with Crippen LogP contribution in [0.1, 0.15) is 48.0 Å². The van der Waals surface area contributed by atoms with Crippen molar-refractivity contribution < 1.29 is 30.3 Å². The molecule has 2 unspecified atom stereocenters. The van der Waals surface area contributed by atoms with E-state index in [9.17, 15) is 0 Å². The summed E-state index contributed by atoms with van der Waals surface area (Å²) < 4.78 is 0. The van der Waals surface area contributed by atoms with Gasteiger partial charge < -0.3 is 25.0 Å². The number of benzene rings is 4. The third kappa shape index (κ3) is 9.24. The maximum Gasteiger partial charge on any atom is 3.00 e. The molecule has 0 saturated carbocycles. The Bertz CT molecular complexity index is 1580. The van der Waals surface area contributed by atoms with E-state index in [0.29, 0.717) is 12.3 Å². The molecule has 2 N–H and O–H groups in total. The summed E-state index contributed by atoms with van der Waals surface area (Å²) in [6, 6.07) is 41.4. The Morgan fingerprint density at radius 3 is 1.93 bits per heavy atom. The molecular weight excluding hydrogens is 735 g/mol. The predicted molar refractivity (Wildman–Crippen MR) is 184 cm³/mol. The minimum absolute atomic E-state index is 0. The molecule has 45 heavy (non-hydrogen) atoms. The van der Waals surface area contributed by atoms with Crippen LogP contribution in [0.25, 0.3) is 22.0 Å². The minimum atomic E-state index is -0.375. The Hall–Kier alpha value is -3.54. The van der Waals surface area contributed by atoms with Gasteiger partial charge in [0.1, 0.15) is 0 Å². The number of nitrogens with zero attached hydrogens (tertiary/aromatic N) is 3. The van der Waals surface area contributed by atoms with Gasteiger partial charge in [0.25, 0.3) is 0 Å². The molecule has 0 fully saturated rings. The van der Waals surface area contributed by atoms with Crippen molar-refractivity contribution in [3.05, 3.63) is 128 Å². The fourth-order valence-corrected chi connectivity index (χ4v) is 4.94. The summed E-state index contributed by atoms with van der Waals surface area (Å²) in [6.07, 6.45) is 1.57. The third-order valence-electron chi connectivity index (χ3n) is 7.94. The number of aliphatic hydroxyl groups excluding tert-OH is 2. The van der Waals surface area contributed by atoms with Crippen molar-refractivity contribution in [2.75, 3.05) is 9.80 Å². The first kappa shape index (κ1) is 35.9. The van der Waals surface area contributed by atoms with Crippen LogP contribution in [0.3, 0.4) is 0 Å². The van der Waals surface area contributed by atoms with E-state index in [1.54, 1.807) is 13.8 Å². The number of hydrogen-bond donors (Lipinski definition) is 2. The first-order valence-corrected chi connectivity index (χ1v) is 15.3. The second-order valence-corrected chi connectivity index (χ2v) is 12.0. The van der Waals surface area contributed by atoms with Crippen molar-refractivity contribution in [1.82, 2.24) is 4.98 Å². The smallest absolute Gasteiger partial charge is 0.497 e. The van der Waals surface area contributed by atoms with Crippen LogP contribution in [-0.2, 0) is 20.1 Å². The molecule has 2 heterocycles. The second kappa shape index (κ2) is 16.7. The Kier molecular flexibility index (Phi) is 13.3. The van der Waals surface area contributed by atoms with E-state index < -0.39 is 0 Å². The summed E-state index contributed by atoms with van der Waals surface area (Å²) >= 11 is 0. The summed E-state index contributed by atoms with van der Waals surface area (Å²) in [5.74, 6) is 0.543. The summed E-state index contributed by atoms with van der Waals surface area (Å²) in [4.78, 5) is 9.05. The molecule has 1 aromatic heterocycles. The van der Waals surface area contributed by atoms with Crippen molar-refractivity contribution >= 4 is 27.8 Å². The van der Waals surface area contributed by atoms with Crippen LogP contribution >= 0.6 is 0 Å². The molecule has 1 aliphatic rings. The van der Waals surface area contributed by atoms with Gasteiger partial charge in [-0.25, -0.2) is 0 Å². The molecular formula is C39H44IrN3O2. The van der Waals surface area contributed by atoms with Crippen LogP contribution < -0.4 is 9.80 Å². The van der Waals surface area contributed by atoms with Crippen molar-refractivity contribution in [2.24, 2.45) is 5.92 Å². The van der Waals surface area contributed by atoms with E-state index in [1.807, 2.05) is 60.8 Å². The Balaban J connectivity index is 0.000000204. The minimum Gasteiger partial charge on any atom is -0.497 e. The average Bonchev–Trinajstić information content (AvgIpc) is 3.42. The van der Waals surface area contributed by atoms with Gasteiger partial charge in [0.15, 0.2) is 0 Å². The van der Waals surface area contributed by atoms with Crippen molar-refractivity contribution in [3.63, 3.8) is 0 Å². The van der Waals surface area contributed by atoms with Crippen molar-refractivity contribution in [3.8, 4) is 11.3 Å². The van der Waals surface area contributed by atoms with Gasteiger partial charge in [-0.1, -0.05) is 50.2 Å². The van der Waals surface area contributed by atoms with Gasteiger partial charge in [0.2, 0.25) is 0 Å². The van der Waals surface area contributed by atoms with Crippen molar-refractivity contribution in [2.45, 2.75) is 65.7 Å². The predicted octanol–water partition coefficient (Wildman–Crippen LogP) is 8.84. The molecule has 0 spiro atoms. The SMILES string of the molecule is CC(C)C(C)(C)N1[CH-]N(c2[c-]cccc2)c2ccccc21.CC(O)CC(C)O.[Ir+3].[c-]1ccccc1-c1nccc2ccccc12. The van der Waals surface area contributed by atoms with Crippen LogP contribution in [0.2, 0.25) is 0 Å². The number of para-hydroxylation sites is 3.